The normalized spacial score (nSPS) is 12.0. The minimum absolute atomic E-state index is 0.717. The molecule has 0 N–H and O–H groups in total. The van der Waals surface area contributed by atoms with Gasteiger partial charge in [-0.2, -0.15) is 0 Å². The van der Waals surface area contributed by atoms with E-state index in [4.69, 9.17) is 15.0 Å². The van der Waals surface area contributed by atoms with Gasteiger partial charge in [0.15, 0.2) is 5.82 Å². The van der Waals surface area contributed by atoms with Gasteiger partial charge in [-0.15, -0.1) is 11.3 Å². The summed E-state index contributed by atoms with van der Waals surface area (Å²) in [4.78, 5) is 15.6. The first-order chi connectivity index (χ1) is 24.8. The topological polar surface area (TPSA) is 43.1 Å². The second kappa shape index (κ2) is 10.5. The van der Waals surface area contributed by atoms with Crippen LogP contribution < -0.4 is 0 Å². The van der Waals surface area contributed by atoms with Gasteiger partial charge < -0.3 is 4.40 Å². The van der Waals surface area contributed by atoms with Gasteiger partial charge in [0.2, 0.25) is 0 Å². The highest BCUT2D eigenvalue weighted by atomic mass is 32.1. The summed E-state index contributed by atoms with van der Waals surface area (Å²) >= 11 is 1.78. The molecule has 11 rings (SSSR count). The number of thiazole rings is 1. The van der Waals surface area contributed by atoms with Crippen molar-refractivity contribution in [3.8, 4) is 44.3 Å². The van der Waals surface area contributed by atoms with Crippen LogP contribution in [0.1, 0.15) is 0 Å². The van der Waals surface area contributed by atoms with E-state index in [0.29, 0.717) is 5.82 Å². The second-order valence-corrected chi connectivity index (χ2v) is 13.8. The zero-order valence-corrected chi connectivity index (χ0v) is 27.5. The largest absolute Gasteiger partial charge is 0.308 e. The lowest BCUT2D eigenvalue weighted by Gasteiger charge is -2.11. The first-order valence-corrected chi connectivity index (χ1v) is 17.6. The lowest BCUT2D eigenvalue weighted by Crippen LogP contribution is -1.95. The van der Waals surface area contributed by atoms with Gasteiger partial charge in [-0.25, -0.2) is 15.0 Å². The van der Waals surface area contributed by atoms with E-state index in [2.05, 4.69) is 150 Å². The fourth-order valence-electron chi connectivity index (χ4n) is 7.69. The molecular weight excluding hydrogens is 629 g/mol. The highest BCUT2D eigenvalue weighted by molar-refractivity contribution is 7.22. The van der Waals surface area contributed by atoms with Gasteiger partial charge in [0.1, 0.15) is 5.01 Å². The summed E-state index contributed by atoms with van der Waals surface area (Å²) in [5.74, 6) is 0.717. The van der Waals surface area contributed by atoms with Crippen molar-refractivity contribution in [2.75, 3.05) is 0 Å². The minimum atomic E-state index is 0.717. The highest BCUT2D eigenvalue weighted by Crippen LogP contribution is 2.46. The van der Waals surface area contributed by atoms with Gasteiger partial charge >= 0.3 is 0 Å². The quantitative estimate of drug-likeness (QED) is 0.190. The van der Waals surface area contributed by atoms with Gasteiger partial charge in [-0.1, -0.05) is 121 Å². The molecule has 232 valence electrons. The molecule has 0 radical (unpaired) electrons. The van der Waals surface area contributed by atoms with Crippen molar-refractivity contribution in [2.45, 2.75) is 0 Å². The number of nitrogens with zero attached hydrogens (tertiary/aromatic N) is 4. The molecule has 4 heterocycles. The molecule has 0 amide bonds. The molecule has 0 aliphatic heterocycles. The Kier molecular flexibility index (Phi) is 5.80. The zero-order valence-electron chi connectivity index (χ0n) is 26.7. The number of aromatic nitrogens is 4. The third kappa shape index (κ3) is 4.01. The van der Waals surface area contributed by atoms with Crippen molar-refractivity contribution >= 4 is 70.6 Å². The Balaban J connectivity index is 1.16. The number of hydrogen-bond donors (Lipinski definition) is 0. The Labute approximate surface area is 290 Å². The van der Waals surface area contributed by atoms with Crippen LogP contribution in [0.5, 0.6) is 0 Å². The zero-order chi connectivity index (χ0) is 32.8. The summed E-state index contributed by atoms with van der Waals surface area (Å²) in [6.45, 7) is 0. The van der Waals surface area contributed by atoms with Crippen LogP contribution in [0.2, 0.25) is 0 Å². The van der Waals surface area contributed by atoms with Crippen LogP contribution in [0, 0.1) is 0 Å². The smallest absolute Gasteiger partial charge is 0.160 e. The van der Waals surface area contributed by atoms with Crippen LogP contribution in [0.3, 0.4) is 0 Å². The number of benzene rings is 7. The number of hydrogen-bond acceptors (Lipinski definition) is 4. The molecule has 0 aliphatic rings. The third-order valence-corrected chi connectivity index (χ3v) is 11.1. The van der Waals surface area contributed by atoms with Crippen LogP contribution in [0.15, 0.2) is 158 Å². The number of fused-ring (bicyclic) bond motifs is 9. The number of para-hydroxylation sites is 2. The molecule has 0 aliphatic carbocycles. The molecule has 4 aromatic heterocycles. The number of rotatable bonds is 4. The highest BCUT2D eigenvalue weighted by Gasteiger charge is 2.23. The van der Waals surface area contributed by atoms with Crippen LogP contribution >= 0.6 is 11.3 Å². The van der Waals surface area contributed by atoms with Gasteiger partial charge in [0, 0.05) is 43.6 Å². The predicted molar refractivity (Wildman–Crippen MR) is 209 cm³/mol. The summed E-state index contributed by atoms with van der Waals surface area (Å²) in [5.41, 5.74) is 12.1. The van der Waals surface area contributed by atoms with Crippen LogP contribution in [0.4, 0.5) is 0 Å². The lowest BCUT2D eigenvalue weighted by atomic mass is 10.0. The summed E-state index contributed by atoms with van der Waals surface area (Å²) in [6.07, 6.45) is 0. The summed E-state index contributed by atoms with van der Waals surface area (Å²) in [5, 5.41) is 7.02. The second-order valence-electron chi connectivity index (χ2n) is 12.8. The van der Waals surface area contributed by atoms with Gasteiger partial charge in [0.05, 0.1) is 38.0 Å². The fraction of sp³-hybridized carbons (Fsp3) is 0. The molecule has 7 aromatic carbocycles. The standard InChI is InChI=1S/C45H26N4S/c1-3-12-27(13-4-1)29-16-11-17-31(24-29)44-46-36-20-9-7-18-32(36)41(48-44)30-22-23-39-34(25-30)35-26-37-43(50-45(47-37)28-14-5-2-6-15-28)40-33-19-8-10-21-38(33)49(39)42(35)40/h1-26H. The Morgan fingerprint density at radius 2 is 1.12 bits per heavy atom. The average molecular weight is 655 g/mol. The fourth-order valence-corrected chi connectivity index (χ4v) is 8.80. The Morgan fingerprint density at radius 3 is 1.98 bits per heavy atom. The van der Waals surface area contributed by atoms with Gasteiger partial charge in [0.25, 0.3) is 0 Å². The molecule has 0 bridgehead atoms. The van der Waals surface area contributed by atoms with Gasteiger partial charge in [-0.05, 0) is 47.5 Å². The van der Waals surface area contributed by atoms with E-state index < -0.39 is 0 Å². The van der Waals surface area contributed by atoms with Crippen molar-refractivity contribution < 1.29 is 0 Å². The first-order valence-electron chi connectivity index (χ1n) is 16.8. The molecule has 0 unspecified atom stereocenters. The van der Waals surface area contributed by atoms with Crippen LogP contribution in [-0.2, 0) is 0 Å². The molecule has 50 heavy (non-hydrogen) atoms. The third-order valence-electron chi connectivity index (χ3n) is 9.94. The molecular formula is C45H26N4S. The van der Waals surface area contributed by atoms with E-state index in [0.717, 1.165) is 49.4 Å². The molecule has 0 saturated carbocycles. The Bertz CT molecular complexity index is 3090. The monoisotopic (exact) mass is 654 g/mol. The van der Waals surface area contributed by atoms with E-state index in [-0.39, 0.29) is 0 Å². The summed E-state index contributed by atoms with van der Waals surface area (Å²) in [7, 11) is 0. The van der Waals surface area contributed by atoms with E-state index in [1.165, 1.54) is 48.4 Å². The average Bonchev–Trinajstić information content (AvgIpc) is 3.87. The minimum Gasteiger partial charge on any atom is -0.308 e. The Hall–Kier alpha value is -6.43. The van der Waals surface area contributed by atoms with Crippen molar-refractivity contribution in [1.82, 2.24) is 19.4 Å². The molecule has 11 aromatic rings. The van der Waals surface area contributed by atoms with E-state index in [9.17, 15) is 0 Å². The maximum absolute atomic E-state index is 5.30. The molecule has 0 saturated heterocycles. The van der Waals surface area contributed by atoms with E-state index in [1.807, 2.05) is 12.1 Å². The molecule has 0 spiro atoms. The maximum atomic E-state index is 5.30. The van der Waals surface area contributed by atoms with Gasteiger partial charge in [-0.3, -0.25) is 0 Å². The maximum Gasteiger partial charge on any atom is 0.160 e. The molecule has 0 fully saturated rings. The van der Waals surface area contributed by atoms with Crippen molar-refractivity contribution in [2.24, 2.45) is 0 Å². The Morgan fingerprint density at radius 1 is 0.420 bits per heavy atom. The van der Waals surface area contributed by atoms with E-state index >= 15 is 0 Å². The van der Waals surface area contributed by atoms with Crippen molar-refractivity contribution in [3.05, 3.63) is 158 Å². The molecule has 5 heteroatoms. The van der Waals surface area contributed by atoms with Crippen molar-refractivity contribution in [1.29, 1.82) is 0 Å². The molecule has 0 atom stereocenters. The first kappa shape index (κ1) is 27.5. The predicted octanol–water partition coefficient (Wildman–Crippen LogP) is 12.1. The van der Waals surface area contributed by atoms with E-state index in [1.54, 1.807) is 11.3 Å². The summed E-state index contributed by atoms with van der Waals surface area (Å²) in [6, 6.07) is 55.7. The van der Waals surface area contributed by atoms with Crippen LogP contribution in [0.25, 0.3) is 104 Å². The van der Waals surface area contributed by atoms with Crippen molar-refractivity contribution in [3.63, 3.8) is 0 Å². The summed E-state index contributed by atoms with van der Waals surface area (Å²) < 4.78 is 3.67. The molecule has 4 nitrogen and oxygen atoms in total. The lowest BCUT2D eigenvalue weighted by molar-refractivity contribution is 1.23. The SMILES string of the molecule is c1ccc(-c2cccc(-c3nc(-c4ccc5c(c4)c4cc6nc(-c7ccccc7)sc6c6c7ccccc7n5c46)c4ccccc4n3)c2)cc1. The van der Waals surface area contributed by atoms with Crippen LogP contribution in [-0.4, -0.2) is 19.4 Å².